The van der Waals surface area contributed by atoms with Crippen LogP contribution in [0.5, 0.6) is 11.5 Å². The minimum absolute atomic E-state index is 0.324. The molecule has 1 saturated heterocycles. The Balaban J connectivity index is 1.92. The van der Waals surface area contributed by atoms with Crippen LogP contribution in [0.1, 0.15) is 30.9 Å². The second kappa shape index (κ2) is 6.02. The van der Waals surface area contributed by atoms with Crippen LogP contribution in [-0.2, 0) is 0 Å². The summed E-state index contributed by atoms with van der Waals surface area (Å²) in [7, 11) is 1.61. The van der Waals surface area contributed by atoms with Crippen molar-refractivity contribution in [3.05, 3.63) is 23.8 Å². The molecule has 1 saturated carbocycles. The van der Waals surface area contributed by atoms with E-state index in [1.807, 2.05) is 12.1 Å². The van der Waals surface area contributed by atoms with Gasteiger partial charge >= 0.3 is 0 Å². The van der Waals surface area contributed by atoms with Gasteiger partial charge in [-0.2, -0.15) is 0 Å². The summed E-state index contributed by atoms with van der Waals surface area (Å²) in [6, 6.07) is 6.21. The molecule has 0 amide bonds. The smallest absolute Gasteiger partial charge is 0.162 e. The predicted octanol–water partition coefficient (Wildman–Crippen LogP) is 2.15. The van der Waals surface area contributed by atoms with Gasteiger partial charge in [0.25, 0.3) is 0 Å². The molecule has 1 aliphatic heterocycles. The zero-order valence-corrected chi connectivity index (χ0v) is 12.1. The summed E-state index contributed by atoms with van der Waals surface area (Å²) < 4.78 is 5.27. The van der Waals surface area contributed by atoms with E-state index in [9.17, 15) is 5.11 Å². The van der Waals surface area contributed by atoms with Crippen molar-refractivity contribution in [2.75, 3.05) is 33.3 Å². The number of phenolic OH excluding ortho intramolecular Hbond substituents is 1. The molecule has 110 valence electrons. The molecule has 1 aromatic carbocycles. The van der Waals surface area contributed by atoms with E-state index in [2.05, 4.69) is 16.3 Å². The molecule has 2 N–H and O–H groups in total. The summed E-state index contributed by atoms with van der Waals surface area (Å²) >= 11 is 0. The Morgan fingerprint density at radius 3 is 2.65 bits per heavy atom. The standard InChI is InChI=1S/C16H24N2O2/c1-20-14-7-3-6-13(16(14)19)15(12-4-2-5-12)18-10-8-17-9-11-18/h3,6-7,12,15,17,19H,2,4-5,8-11H2,1H3/t15-/m1/s1. The monoisotopic (exact) mass is 276 g/mol. The van der Waals surface area contributed by atoms with Crippen molar-refractivity contribution in [1.29, 1.82) is 0 Å². The number of phenols is 1. The molecule has 0 radical (unpaired) electrons. The lowest BCUT2D eigenvalue weighted by molar-refractivity contribution is 0.0816. The topological polar surface area (TPSA) is 44.7 Å². The first kappa shape index (κ1) is 13.7. The average Bonchev–Trinajstić information content (AvgIpc) is 2.44. The third-order valence-electron chi connectivity index (χ3n) is 4.71. The maximum Gasteiger partial charge on any atom is 0.162 e. The highest BCUT2D eigenvalue weighted by molar-refractivity contribution is 5.47. The average molecular weight is 276 g/mol. The number of aromatic hydroxyl groups is 1. The van der Waals surface area contributed by atoms with Gasteiger partial charge in [-0.05, 0) is 24.8 Å². The van der Waals surface area contributed by atoms with E-state index in [0.717, 1.165) is 31.7 Å². The Morgan fingerprint density at radius 1 is 1.30 bits per heavy atom. The minimum Gasteiger partial charge on any atom is -0.504 e. The van der Waals surface area contributed by atoms with Crippen LogP contribution in [0.3, 0.4) is 0 Å². The summed E-state index contributed by atoms with van der Waals surface area (Å²) in [6.07, 6.45) is 3.86. The largest absolute Gasteiger partial charge is 0.504 e. The number of nitrogens with zero attached hydrogens (tertiary/aromatic N) is 1. The summed E-state index contributed by atoms with van der Waals surface area (Å²) in [5.41, 5.74) is 1.04. The number of methoxy groups -OCH3 is 1. The zero-order valence-electron chi connectivity index (χ0n) is 12.1. The Kier molecular flexibility index (Phi) is 4.13. The minimum atomic E-state index is 0.324. The molecule has 4 nitrogen and oxygen atoms in total. The first-order valence-electron chi connectivity index (χ1n) is 7.62. The molecular formula is C16H24N2O2. The van der Waals surface area contributed by atoms with Crippen molar-refractivity contribution < 1.29 is 9.84 Å². The van der Waals surface area contributed by atoms with Crippen molar-refractivity contribution in [3.63, 3.8) is 0 Å². The Labute approximate surface area is 120 Å². The lowest BCUT2D eigenvalue weighted by Crippen LogP contribution is -2.47. The van der Waals surface area contributed by atoms with Crippen molar-refractivity contribution in [1.82, 2.24) is 10.2 Å². The van der Waals surface area contributed by atoms with Crippen molar-refractivity contribution in [2.24, 2.45) is 5.92 Å². The maximum absolute atomic E-state index is 10.5. The van der Waals surface area contributed by atoms with Crippen molar-refractivity contribution >= 4 is 0 Å². The van der Waals surface area contributed by atoms with Crippen LogP contribution in [0.15, 0.2) is 18.2 Å². The van der Waals surface area contributed by atoms with Crippen LogP contribution in [0.4, 0.5) is 0 Å². The zero-order chi connectivity index (χ0) is 13.9. The van der Waals surface area contributed by atoms with E-state index in [-0.39, 0.29) is 0 Å². The van der Waals surface area contributed by atoms with Gasteiger partial charge in [-0.3, -0.25) is 4.90 Å². The van der Waals surface area contributed by atoms with Crippen LogP contribution in [0, 0.1) is 5.92 Å². The predicted molar refractivity (Wildman–Crippen MR) is 79.2 cm³/mol. The third-order valence-corrected chi connectivity index (χ3v) is 4.71. The number of ether oxygens (including phenoxy) is 1. The Morgan fingerprint density at radius 2 is 2.05 bits per heavy atom. The first-order valence-corrected chi connectivity index (χ1v) is 7.62. The van der Waals surface area contributed by atoms with Crippen LogP contribution in [0.2, 0.25) is 0 Å². The molecule has 3 rings (SSSR count). The number of para-hydroxylation sites is 1. The fourth-order valence-corrected chi connectivity index (χ4v) is 3.41. The summed E-state index contributed by atoms with van der Waals surface area (Å²) in [6.45, 7) is 4.18. The lowest BCUT2D eigenvalue weighted by atomic mass is 9.76. The van der Waals surface area contributed by atoms with Crippen LogP contribution in [-0.4, -0.2) is 43.3 Å². The molecule has 0 unspecified atom stereocenters. The molecule has 4 heteroatoms. The van der Waals surface area contributed by atoms with E-state index < -0.39 is 0 Å². The molecule has 2 fully saturated rings. The van der Waals surface area contributed by atoms with Crippen LogP contribution >= 0.6 is 0 Å². The van der Waals surface area contributed by atoms with E-state index in [4.69, 9.17) is 4.74 Å². The fourth-order valence-electron chi connectivity index (χ4n) is 3.41. The van der Waals surface area contributed by atoms with Gasteiger partial charge in [-0.1, -0.05) is 18.6 Å². The van der Waals surface area contributed by atoms with Gasteiger partial charge in [-0.15, -0.1) is 0 Å². The Bertz CT molecular complexity index is 454. The highest BCUT2D eigenvalue weighted by atomic mass is 16.5. The molecule has 0 aromatic heterocycles. The maximum atomic E-state index is 10.5. The normalized spacial score (nSPS) is 22.2. The quantitative estimate of drug-likeness (QED) is 0.884. The van der Waals surface area contributed by atoms with Crippen molar-refractivity contribution in [2.45, 2.75) is 25.3 Å². The molecule has 1 atom stereocenters. The SMILES string of the molecule is COc1cccc([C@@H](C2CCC2)N2CCNCC2)c1O. The van der Waals surface area contributed by atoms with Gasteiger partial charge < -0.3 is 15.2 Å². The number of benzene rings is 1. The molecule has 1 aliphatic carbocycles. The summed E-state index contributed by atoms with van der Waals surface area (Å²) in [5.74, 6) is 1.58. The Hall–Kier alpha value is -1.26. The second-order valence-corrected chi connectivity index (χ2v) is 5.82. The van der Waals surface area contributed by atoms with Gasteiger partial charge in [0.2, 0.25) is 0 Å². The molecule has 20 heavy (non-hydrogen) atoms. The van der Waals surface area contributed by atoms with Gasteiger partial charge in [0.05, 0.1) is 7.11 Å². The van der Waals surface area contributed by atoms with E-state index in [1.54, 1.807) is 7.11 Å². The first-order chi connectivity index (χ1) is 9.81. The van der Waals surface area contributed by atoms with Crippen molar-refractivity contribution in [3.8, 4) is 11.5 Å². The number of hydrogen-bond acceptors (Lipinski definition) is 4. The molecule has 0 spiro atoms. The van der Waals surface area contributed by atoms with Gasteiger partial charge in [0, 0.05) is 37.8 Å². The highest BCUT2D eigenvalue weighted by Crippen LogP contribution is 2.46. The molecule has 0 bridgehead atoms. The highest BCUT2D eigenvalue weighted by Gasteiger charge is 2.35. The molecular weight excluding hydrogens is 252 g/mol. The van der Waals surface area contributed by atoms with Gasteiger partial charge in [0.15, 0.2) is 11.5 Å². The number of piperazine rings is 1. The second-order valence-electron chi connectivity index (χ2n) is 5.82. The van der Waals surface area contributed by atoms with E-state index >= 15 is 0 Å². The molecule has 1 heterocycles. The summed E-state index contributed by atoms with van der Waals surface area (Å²) in [5, 5.41) is 13.9. The molecule has 1 aromatic rings. The number of rotatable bonds is 4. The summed E-state index contributed by atoms with van der Waals surface area (Å²) in [4.78, 5) is 2.52. The van der Waals surface area contributed by atoms with Crippen LogP contribution in [0.25, 0.3) is 0 Å². The lowest BCUT2D eigenvalue weighted by Gasteiger charge is -2.43. The van der Waals surface area contributed by atoms with Crippen LogP contribution < -0.4 is 10.1 Å². The van der Waals surface area contributed by atoms with Gasteiger partial charge in [0.1, 0.15) is 0 Å². The van der Waals surface area contributed by atoms with E-state index in [0.29, 0.717) is 23.5 Å². The van der Waals surface area contributed by atoms with E-state index in [1.165, 1.54) is 19.3 Å². The number of nitrogens with one attached hydrogen (secondary N) is 1. The van der Waals surface area contributed by atoms with Gasteiger partial charge in [-0.25, -0.2) is 0 Å². The third kappa shape index (κ3) is 2.50. The fraction of sp³-hybridized carbons (Fsp3) is 0.625. The molecule has 2 aliphatic rings. The number of hydrogen-bond donors (Lipinski definition) is 2.